The second-order valence-electron chi connectivity index (χ2n) is 6.11. The van der Waals surface area contributed by atoms with E-state index in [1.54, 1.807) is 6.20 Å². The maximum absolute atomic E-state index is 6.24. The van der Waals surface area contributed by atoms with E-state index >= 15 is 0 Å². The molecule has 0 radical (unpaired) electrons. The van der Waals surface area contributed by atoms with Crippen molar-refractivity contribution in [3.05, 3.63) is 22.8 Å². The third-order valence-corrected chi connectivity index (χ3v) is 4.41. The average Bonchev–Trinajstić information content (AvgIpc) is 2.86. The van der Waals surface area contributed by atoms with Crippen LogP contribution in [0.25, 0.3) is 0 Å². The predicted octanol–water partition coefficient (Wildman–Crippen LogP) is 2.62. The minimum atomic E-state index is 0.735. The molecular formula is C16H27ClN4. The van der Waals surface area contributed by atoms with Gasteiger partial charge in [0.25, 0.3) is 0 Å². The number of nitrogens with one attached hydrogen (secondary N) is 1. The van der Waals surface area contributed by atoms with Gasteiger partial charge in [0.05, 0.1) is 5.02 Å². The number of halogens is 1. The molecule has 5 heteroatoms. The zero-order valence-electron chi connectivity index (χ0n) is 13.4. The van der Waals surface area contributed by atoms with Crippen LogP contribution in [0.3, 0.4) is 0 Å². The van der Waals surface area contributed by atoms with Crippen LogP contribution in [0.1, 0.15) is 25.3 Å². The van der Waals surface area contributed by atoms with E-state index in [0.717, 1.165) is 48.4 Å². The van der Waals surface area contributed by atoms with Gasteiger partial charge < -0.3 is 15.1 Å². The zero-order valence-corrected chi connectivity index (χ0v) is 14.2. The molecule has 1 aromatic rings. The third-order valence-electron chi connectivity index (χ3n) is 4.07. The van der Waals surface area contributed by atoms with E-state index < -0.39 is 0 Å². The lowest BCUT2D eigenvalue weighted by atomic mass is 10.1. The summed E-state index contributed by atoms with van der Waals surface area (Å²) >= 11 is 6.24. The molecule has 0 spiro atoms. The van der Waals surface area contributed by atoms with Gasteiger partial charge in [-0.2, -0.15) is 0 Å². The molecule has 0 aliphatic carbocycles. The first-order valence-corrected chi connectivity index (χ1v) is 8.22. The lowest BCUT2D eigenvalue weighted by Gasteiger charge is -2.23. The Morgan fingerprint density at radius 2 is 2.33 bits per heavy atom. The van der Waals surface area contributed by atoms with E-state index in [9.17, 15) is 0 Å². The van der Waals surface area contributed by atoms with Crippen LogP contribution in [0.2, 0.25) is 5.02 Å². The molecule has 0 amide bonds. The summed E-state index contributed by atoms with van der Waals surface area (Å²) in [5, 5.41) is 4.15. The van der Waals surface area contributed by atoms with Crippen molar-refractivity contribution < 1.29 is 0 Å². The summed E-state index contributed by atoms with van der Waals surface area (Å²) in [5.41, 5.74) is 1.13. The Balaban J connectivity index is 1.96. The molecule has 0 aromatic carbocycles. The standard InChI is InChI=1S/C16H27ClN4/c1-4-6-18-9-14-8-16(19-10-15(14)17)21(3)12-13-5-7-20(2)11-13/h8,10,13,18H,4-7,9,11-12H2,1-3H3. The number of anilines is 1. The number of rotatable bonds is 7. The van der Waals surface area contributed by atoms with Gasteiger partial charge in [0, 0.05) is 32.9 Å². The summed E-state index contributed by atoms with van der Waals surface area (Å²) in [4.78, 5) is 9.13. The number of hydrogen-bond acceptors (Lipinski definition) is 4. The van der Waals surface area contributed by atoms with E-state index in [0.29, 0.717) is 0 Å². The smallest absolute Gasteiger partial charge is 0.128 e. The van der Waals surface area contributed by atoms with E-state index in [2.05, 4.69) is 47.2 Å². The van der Waals surface area contributed by atoms with Crippen molar-refractivity contribution in [3.8, 4) is 0 Å². The van der Waals surface area contributed by atoms with Crippen molar-refractivity contribution in [1.82, 2.24) is 15.2 Å². The van der Waals surface area contributed by atoms with Crippen LogP contribution >= 0.6 is 11.6 Å². The lowest BCUT2D eigenvalue weighted by molar-refractivity contribution is 0.395. The molecule has 1 unspecified atom stereocenters. The number of nitrogens with zero attached hydrogens (tertiary/aromatic N) is 3. The minimum Gasteiger partial charge on any atom is -0.359 e. The molecule has 1 atom stereocenters. The molecule has 0 bridgehead atoms. The zero-order chi connectivity index (χ0) is 15.2. The van der Waals surface area contributed by atoms with E-state index in [-0.39, 0.29) is 0 Å². The molecular weight excluding hydrogens is 284 g/mol. The highest BCUT2D eigenvalue weighted by Crippen LogP contribution is 2.22. The monoisotopic (exact) mass is 310 g/mol. The van der Waals surface area contributed by atoms with Crippen LogP contribution in [-0.2, 0) is 6.54 Å². The average molecular weight is 311 g/mol. The Morgan fingerprint density at radius 3 is 3.00 bits per heavy atom. The fourth-order valence-electron chi connectivity index (χ4n) is 2.87. The summed E-state index contributed by atoms with van der Waals surface area (Å²) < 4.78 is 0. The number of pyridine rings is 1. The van der Waals surface area contributed by atoms with Crippen LogP contribution in [-0.4, -0.2) is 50.2 Å². The number of hydrogen-bond donors (Lipinski definition) is 1. The summed E-state index contributed by atoms with van der Waals surface area (Å²) in [5.74, 6) is 1.75. The Labute approximate surface area is 133 Å². The van der Waals surface area contributed by atoms with Gasteiger partial charge in [0.2, 0.25) is 0 Å². The first kappa shape index (κ1) is 16.5. The van der Waals surface area contributed by atoms with E-state index in [4.69, 9.17) is 11.6 Å². The molecule has 1 aliphatic heterocycles. The molecule has 118 valence electrons. The topological polar surface area (TPSA) is 31.4 Å². The number of likely N-dealkylation sites (tertiary alicyclic amines) is 1. The molecule has 1 fully saturated rings. The molecule has 1 N–H and O–H groups in total. The van der Waals surface area contributed by atoms with Crippen LogP contribution in [0, 0.1) is 5.92 Å². The molecule has 0 saturated carbocycles. The molecule has 1 saturated heterocycles. The van der Waals surface area contributed by atoms with Crippen LogP contribution in [0.4, 0.5) is 5.82 Å². The highest BCUT2D eigenvalue weighted by Gasteiger charge is 2.21. The highest BCUT2D eigenvalue weighted by atomic mass is 35.5. The summed E-state index contributed by atoms with van der Waals surface area (Å²) in [6, 6.07) is 2.11. The maximum atomic E-state index is 6.24. The molecule has 21 heavy (non-hydrogen) atoms. The third kappa shape index (κ3) is 4.83. The van der Waals surface area contributed by atoms with E-state index in [1.165, 1.54) is 19.5 Å². The first-order chi connectivity index (χ1) is 10.1. The van der Waals surface area contributed by atoms with Crippen molar-refractivity contribution in [2.45, 2.75) is 26.3 Å². The molecule has 2 rings (SSSR count). The van der Waals surface area contributed by atoms with Crippen LogP contribution < -0.4 is 10.2 Å². The van der Waals surface area contributed by atoms with Gasteiger partial charge in [-0.15, -0.1) is 0 Å². The largest absolute Gasteiger partial charge is 0.359 e. The van der Waals surface area contributed by atoms with Crippen LogP contribution in [0.5, 0.6) is 0 Å². The molecule has 4 nitrogen and oxygen atoms in total. The molecule has 1 aliphatic rings. The van der Waals surface area contributed by atoms with Crippen molar-refractivity contribution in [2.75, 3.05) is 45.2 Å². The first-order valence-electron chi connectivity index (χ1n) is 7.85. The SMILES string of the molecule is CCCNCc1cc(N(C)CC2CCN(C)C2)ncc1Cl. The lowest BCUT2D eigenvalue weighted by Crippen LogP contribution is -2.28. The number of aromatic nitrogens is 1. The summed E-state index contributed by atoms with van der Waals surface area (Å²) in [6.07, 6.45) is 4.18. The van der Waals surface area contributed by atoms with E-state index in [1.807, 2.05) is 0 Å². The van der Waals surface area contributed by atoms with Gasteiger partial charge in [0.1, 0.15) is 5.82 Å². The Bertz CT molecular complexity index is 452. The van der Waals surface area contributed by atoms with Crippen molar-refractivity contribution in [3.63, 3.8) is 0 Å². The van der Waals surface area contributed by atoms with Crippen LogP contribution in [0.15, 0.2) is 12.3 Å². The fraction of sp³-hybridized carbons (Fsp3) is 0.688. The van der Waals surface area contributed by atoms with Crippen molar-refractivity contribution in [2.24, 2.45) is 5.92 Å². The van der Waals surface area contributed by atoms with Gasteiger partial charge in [-0.25, -0.2) is 4.98 Å². The second kappa shape index (κ2) is 7.97. The minimum absolute atomic E-state index is 0.735. The Kier molecular flexibility index (Phi) is 6.27. The molecule has 1 aromatic heterocycles. The second-order valence-corrected chi connectivity index (χ2v) is 6.52. The summed E-state index contributed by atoms with van der Waals surface area (Å²) in [7, 11) is 4.32. The van der Waals surface area contributed by atoms with Gasteiger partial charge in [-0.05, 0) is 50.5 Å². The highest BCUT2D eigenvalue weighted by molar-refractivity contribution is 6.31. The Morgan fingerprint density at radius 1 is 1.52 bits per heavy atom. The predicted molar refractivity (Wildman–Crippen MR) is 90.1 cm³/mol. The van der Waals surface area contributed by atoms with Gasteiger partial charge in [-0.1, -0.05) is 18.5 Å². The maximum Gasteiger partial charge on any atom is 0.128 e. The van der Waals surface area contributed by atoms with Gasteiger partial charge in [0.15, 0.2) is 0 Å². The fourth-order valence-corrected chi connectivity index (χ4v) is 3.04. The Hall–Kier alpha value is -0.840. The van der Waals surface area contributed by atoms with Crippen molar-refractivity contribution in [1.29, 1.82) is 0 Å². The summed E-state index contributed by atoms with van der Waals surface area (Å²) in [6.45, 7) is 7.43. The quantitative estimate of drug-likeness (QED) is 0.785. The normalized spacial score (nSPS) is 19.1. The van der Waals surface area contributed by atoms with Gasteiger partial charge >= 0.3 is 0 Å². The van der Waals surface area contributed by atoms with Gasteiger partial charge in [-0.3, -0.25) is 0 Å². The molecule has 2 heterocycles. The van der Waals surface area contributed by atoms with Crippen molar-refractivity contribution >= 4 is 17.4 Å².